The van der Waals surface area contributed by atoms with Crippen LogP contribution in [0.25, 0.3) is 45.0 Å². The number of Topliss-reactive ketones (excluding diaryl/α,β-unsaturated/α-hetero) is 2. The monoisotopic (exact) mass is 1960 g/mol. The third kappa shape index (κ3) is 26.6. The lowest BCUT2D eigenvalue weighted by Gasteiger charge is -2.29. The number of halogens is 5. The third-order valence-corrected chi connectivity index (χ3v) is 22.5. The zero-order valence-corrected chi connectivity index (χ0v) is 75.9. The maximum Gasteiger partial charge on any atom is 0.410 e. The Morgan fingerprint density at radius 3 is 1.18 bits per heavy atom. The number of carbonyl (C=O) groups is 7. The number of rotatable bonds is 14. The zero-order valence-electron chi connectivity index (χ0n) is 64.7. The predicted molar refractivity (Wildman–Crippen MR) is 465 cm³/mol. The molecular formula is C78H79Br5N20O9S4. The highest BCUT2D eigenvalue weighted by atomic mass is 79.9. The van der Waals surface area contributed by atoms with Crippen LogP contribution in [-0.4, -0.2) is 188 Å². The number of hydrogen-bond acceptors (Lipinski definition) is 28. The number of hydrogen-bond donors (Lipinski definition) is 1. The maximum absolute atomic E-state index is 13.1. The predicted octanol–water partition coefficient (Wildman–Crippen LogP) is 17.2. The molecule has 3 aliphatic heterocycles. The molecule has 10 aromatic heterocycles. The molecule has 13 heterocycles. The molecule has 0 radical (unpaired) electrons. The molecule has 116 heavy (non-hydrogen) atoms. The van der Waals surface area contributed by atoms with Gasteiger partial charge < -0.3 is 14.8 Å². The van der Waals surface area contributed by atoms with Crippen molar-refractivity contribution in [2.45, 2.75) is 116 Å². The van der Waals surface area contributed by atoms with E-state index in [0.29, 0.717) is 98.8 Å². The summed E-state index contributed by atoms with van der Waals surface area (Å²) in [4.78, 5) is 136. The lowest BCUT2D eigenvalue weighted by Crippen LogP contribution is -2.48. The summed E-state index contributed by atoms with van der Waals surface area (Å²) in [5, 5.41) is 40.5. The molecule has 604 valence electrons. The first-order chi connectivity index (χ1) is 55.2. The second-order valence-electron chi connectivity index (χ2n) is 27.5. The van der Waals surface area contributed by atoms with Gasteiger partial charge in [-0.1, -0.05) is 15.9 Å². The molecule has 0 bridgehead atoms. The summed E-state index contributed by atoms with van der Waals surface area (Å²) in [7, 11) is 6.88. The van der Waals surface area contributed by atoms with Gasteiger partial charge in [0.05, 0.1) is 39.2 Å². The average molecular weight is 1970 g/mol. The van der Waals surface area contributed by atoms with Crippen molar-refractivity contribution in [2.24, 2.45) is 0 Å². The molecule has 3 saturated heterocycles. The minimum absolute atomic E-state index is 0.0359. The first-order valence-corrected chi connectivity index (χ1v) is 43.3. The van der Waals surface area contributed by atoms with Crippen molar-refractivity contribution < 1.29 is 43.0 Å². The van der Waals surface area contributed by atoms with Gasteiger partial charge in [0.2, 0.25) is 0 Å². The van der Waals surface area contributed by atoms with Crippen molar-refractivity contribution in [2.75, 3.05) is 73.2 Å². The highest BCUT2D eigenvalue weighted by Crippen LogP contribution is 2.35. The van der Waals surface area contributed by atoms with Crippen LogP contribution in [0.15, 0.2) is 150 Å². The first-order valence-electron chi connectivity index (χ1n) is 35.4. The zero-order chi connectivity index (χ0) is 84.6. The van der Waals surface area contributed by atoms with E-state index in [1.807, 2.05) is 67.5 Å². The van der Waals surface area contributed by atoms with Crippen LogP contribution < -0.4 is 20.0 Å². The summed E-state index contributed by atoms with van der Waals surface area (Å²) < 4.78 is 14.4. The minimum atomic E-state index is -0.616. The number of likely N-dealkylation sites (N-methyl/N-ethyl adjacent to an activating group) is 3. The molecule has 1 N–H and O–H groups in total. The van der Waals surface area contributed by atoms with Crippen LogP contribution in [0.3, 0.4) is 0 Å². The average Bonchev–Trinajstić information content (AvgIpc) is 1.67. The Morgan fingerprint density at radius 2 is 0.828 bits per heavy atom. The summed E-state index contributed by atoms with van der Waals surface area (Å²) >= 11 is 21.9. The Hall–Kier alpha value is -9.82. The van der Waals surface area contributed by atoms with E-state index >= 15 is 0 Å². The number of alkyl halides is 1. The van der Waals surface area contributed by atoms with E-state index in [1.54, 1.807) is 139 Å². The van der Waals surface area contributed by atoms with Crippen molar-refractivity contribution in [3.63, 3.8) is 0 Å². The number of amides is 5. The quantitative estimate of drug-likeness (QED) is 0.0600. The van der Waals surface area contributed by atoms with Gasteiger partial charge in [-0.2, -0.15) is 15.8 Å². The molecule has 5 amide bonds. The lowest BCUT2D eigenvalue weighted by atomic mass is 10.2. The van der Waals surface area contributed by atoms with E-state index < -0.39 is 41.5 Å². The Bertz CT molecular complexity index is 5250. The Morgan fingerprint density at radius 1 is 0.483 bits per heavy atom. The van der Waals surface area contributed by atoms with E-state index in [0.717, 1.165) is 70.4 Å². The molecule has 3 fully saturated rings. The fourth-order valence-corrected chi connectivity index (χ4v) is 15.9. The van der Waals surface area contributed by atoms with Gasteiger partial charge in [-0.15, -0.1) is 45.3 Å². The molecule has 0 spiro atoms. The molecule has 3 atom stereocenters. The van der Waals surface area contributed by atoms with E-state index in [2.05, 4.69) is 147 Å². The number of aromatic nitrogens is 10. The molecule has 29 nitrogen and oxygen atoms in total. The molecular weight excluding hydrogens is 1890 g/mol. The number of anilines is 4. The van der Waals surface area contributed by atoms with Gasteiger partial charge in [0, 0.05) is 195 Å². The summed E-state index contributed by atoms with van der Waals surface area (Å²) in [5.74, 6) is -0.402. The lowest BCUT2D eigenvalue weighted by molar-refractivity contribution is -0.123. The normalized spacial score (nSPS) is 14.5. The Balaban J connectivity index is 0.000000181. The van der Waals surface area contributed by atoms with Gasteiger partial charge in [0.1, 0.15) is 41.5 Å². The molecule has 38 heteroatoms. The number of thiazole rings is 4. The van der Waals surface area contributed by atoms with Crippen molar-refractivity contribution in [1.29, 1.82) is 15.8 Å². The fourth-order valence-electron chi connectivity index (χ4n) is 11.0. The summed E-state index contributed by atoms with van der Waals surface area (Å²) in [6.45, 7) is 14.0. The summed E-state index contributed by atoms with van der Waals surface area (Å²) in [6.07, 6.45) is 25.0. The smallest absolute Gasteiger partial charge is 0.410 e. The highest BCUT2D eigenvalue weighted by Gasteiger charge is 2.41. The SMILES string of the molecule is CC(=O)c1cncc(Br)c1.CN(C(=O)[C@@H]1CCCN1C#N)c1nc(-c2cncc(C#N)c2)cs1.CN(C(=O)[C@@H]1CCCN1C(=O)OC(C)(C)C)c1nc(-c2cncc(Br)c2)cs1.CN(C(=O)[C@@H]1CCCN1C(=O)OC(C)(C)C)c1nc(-c2cncc(C#N)c2)cs1.CNc1nc(-c2cncc(Br)c2)cs1.O=C(CBr)c1cncc(Br)c1. The van der Waals surface area contributed by atoms with E-state index in [9.17, 15) is 33.6 Å². The number of pyridine rings is 6. The fraction of sp³-hybridized carbons (Fsp3) is 0.333. The van der Waals surface area contributed by atoms with Crippen molar-refractivity contribution in [1.82, 2.24) is 64.5 Å². The number of likely N-dealkylation sites (tertiary alicyclic amines) is 3. The van der Waals surface area contributed by atoms with Crippen LogP contribution >= 0.6 is 125 Å². The van der Waals surface area contributed by atoms with Gasteiger partial charge in [-0.05, 0) is 187 Å². The van der Waals surface area contributed by atoms with Crippen LogP contribution in [0.5, 0.6) is 0 Å². The number of carbonyl (C=O) groups excluding carboxylic acids is 7. The molecule has 10 aromatic rings. The van der Waals surface area contributed by atoms with Gasteiger partial charge in [0.25, 0.3) is 17.7 Å². The van der Waals surface area contributed by atoms with E-state index in [-0.39, 0.29) is 29.3 Å². The third-order valence-electron chi connectivity index (χ3n) is 16.6. The number of ketones is 2. The number of nitrogens with zero attached hydrogens (tertiary/aromatic N) is 19. The Labute approximate surface area is 729 Å². The topological polar surface area (TPSA) is 370 Å². The van der Waals surface area contributed by atoms with Gasteiger partial charge in [-0.25, -0.2) is 29.5 Å². The molecule has 0 unspecified atom stereocenters. The minimum Gasteiger partial charge on any atom is -0.444 e. The first kappa shape index (κ1) is 91.7. The largest absolute Gasteiger partial charge is 0.444 e. The second-order valence-corrected chi connectivity index (χ2v) is 35.1. The Kier molecular flexibility index (Phi) is 34.3. The van der Waals surface area contributed by atoms with Gasteiger partial charge in [-0.3, -0.25) is 83.3 Å². The summed E-state index contributed by atoms with van der Waals surface area (Å²) in [5.41, 5.74) is 7.31. The van der Waals surface area contributed by atoms with Crippen molar-refractivity contribution >= 4 is 187 Å². The molecule has 0 saturated carbocycles. The molecule has 13 rings (SSSR count). The van der Waals surface area contributed by atoms with Crippen LogP contribution in [0.2, 0.25) is 0 Å². The maximum atomic E-state index is 13.1. The van der Waals surface area contributed by atoms with E-state index in [1.165, 1.54) is 82.7 Å². The molecule has 3 aliphatic rings. The van der Waals surface area contributed by atoms with Gasteiger partial charge >= 0.3 is 12.2 Å². The van der Waals surface area contributed by atoms with Crippen LogP contribution in [-0.2, 0) is 23.9 Å². The van der Waals surface area contributed by atoms with E-state index in [4.69, 9.17) is 25.3 Å². The van der Waals surface area contributed by atoms with Crippen molar-refractivity contribution in [3.8, 4) is 63.4 Å². The number of nitrogens with one attached hydrogen (secondary N) is 1. The molecule has 0 aromatic carbocycles. The van der Waals surface area contributed by atoms with Gasteiger partial charge in [0.15, 0.2) is 38.3 Å². The highest BCUT2D eigenvalue weighted by molar-refractivity contribution is 9.11. The molecule has 0 aliphatic carbocycles. The van der Waals surface area contributed by atoms with Crippen LogP contribution in [0.4, 0.5) is 30.1 Å². The second kappa shape index (κ2) is 43.4. The standard InChI is InChI=1S/C20H23N5O3S.C19H23BrN4O3S.C16H14N6OS.C9H8BrN3S.C7H5Br2NO.C7H6BrNO/c1-20(2,3)28-19(27)25-7-5-6-16(25)17(26)24(4)18-23-15(12-29-18)14-8-13(9-21)10-22-11-14;1-19(2,3)27-18(26)24-7-5-6-15(24)16(25)23(4)17-22-14(11-28-17)12-8-13(20)10-21-9-12;1-21(15(23)14-3-2-4-22(14)10-18)16-20-13(9-24-16)12-5-11(6-17)7-19-8-12;1-11-9-13-8(5-14-9)6-2-7(10)4-12-3-6;8-2-7(11)5-1-6(9)4-10-3-5;1-5(10)6-2-7(8)4-9-3-6/h8,10-12,16H,5-7H2,1-4H3;8-11,15H,5-7H2,1-4H3;5,7-9,14H,2-4H2,1H3;2-5H,1H3,(H,11,13);1,3-4H,2H2;2-4H,1H3/t16-;15-;14-;;;/m000.../s1. The number of ether oxygens (including phenoxy) is 2. The number of nitriles is 3. The van der Waals surface area contributed by atoms with Crippen molar-refractivity contribution in [3.05, 3.63) is 172 Å². The van der Waals surface area contributed by atoms with Crippen LogP contribution in [0, 0.1) is 34.1 Å². The van der Waals surface area contributed by atoms with Crippen LogP contribution in [0.1, 0.15) is 119 Å². The summed E-state index contributed by atoms with van der Waals surface area (Å²) in [6, 6.07) is 13.4.